The molecule has 0 aliphatic heterocycles. The molecule has 1 fully saturated rings. The van der Waals surface area contributed by atoms with Crippen LogP contribution in [0.4, 0.5) is 0 Å². The first-order valence-electron chi connectivity index (χ1n) is 6.08. The maximum atomic E-state index is 11.4. The van der Waals surface area contributed by atoms with E-state index < -0.39 is 11.4 Å². The largest absolute Gasteiger partial charge is 0.481 e. The van der Waals surface area contributed by atoms with Crippen LogP contribution < -0.4 is 0 Å². The zero-order valence-electron chi connectivity index (χ0n) is 10.1. The van der Waals surface area contributed by atoms with Gasteiger partial charge in [-0.1, -0.05) is 39.6 Å². The lowest BCUT2D eigenvalue weighted by molar-refractivity contribution is -0.147. The minimum atomic E-state index is -0.836. The highest BCUT2D eigenvalue weighted by Crippen LogP contribution is 2.44. The third-order valence-corrected chi connectivity index (χ3v) is 4.27. The molecule has 2 aromatic rings. The number of carboxylic acid groups (broad SMARTS) is 1. The van der Waals surface area contributed by atoms with Crippen LogP contribution in [0.1, 0.15) is 25.0 Å². The molecule has 19 heavy (non-hydrogen) atoms. The molecule has 1 aliphatic carbocycles. The van der Waals surface area contributed by atoms with E-state index in [0.29, 0.717) is 24.3 Å². The van der Waals surface area contributed by atoms with Gasteiger partial charge >= 0.3 is 5.97 Å². The maximum Gasteiger partial charge on any atom is 0.315 e. The van der Waals surface area contributed by atoms with E-state index in [1.165, 1.54) is 0 Å². The van der Waals surface area contributed by atoms with Gasteiger partial charge in [0.05, 0.1) is 0 Å². The monoisotopic (exact) mass is 321 g/mol. The smallest absolute Gasteiger partial charge is 0.315 e. The molecule has 0 spiro atoms. The summed E-state index contributed by atoms with van der Waals surface area (Å²) in [5.74, 6) is -0.204. The van der Waals surface area contributed by atoms with Gasteiger partial charge < -0.3 is 9.63 Å². The first kappa shape index (κ1) is 12.4. The van der Waals surface area contributed by atoms with E-state index in [1.807, 2.05) is 24.3 Å². The van der Waals surface area contributed by atoms with E-state index in [0.717, 1.165) is 16.5 Å². The number of aromatic nitrogens is 1. The molecular weight excluding hydrogens is 310 g/mol. The van der Waals surface area contributed by atoms with Gasteiger partial charge in [-0.15, -0.1) is 0 Å². The molecule has 0 amide bonds. The number of hydrogen-bond donors (Lipinski definition) is 1. The van der Waals surface area contributed by atoms with Gasteiger partial charge in [-0.25, -0.2) is 0 Å². The first-order chi connectivity index (χ1) is 9.12. The van der Waals surface area contributed by atoms with Crippen molar-refractivity contribution in [1.82, 2.24) is 5.16 Å². The molecule has 0 radical (unpaired) electrons. The lowest BCUT2D eigenvalue weighted by Crippen LogP contribution is -2.42. The van der Waals surface area contributed by atoms with E-state index >= 15 is 0 Å². The molecule has 1 saturated carbocycles. The molecule has 5 heteroatoms. The van der Waals surface area contributed by atoms with Gasteiger partial charge in [-0.2, -0.15) is 0 Å². The average Bonchev–Trinajstić information content (AvgIpc) is 2.77. The fourth-order valence-corrected chi connectivity index (χ4v) is 2.63. The van der Waals surface area contributed by atoms with E-state index in [-0.39, 0.29) is 0 Å². The summed E-state index contributed by atoms with van der Waals surface area (Å²) in [7, 11) is 0. The molecule has 3 rings (SSSR count). The highest BCUT2D eigenvalue weighted by Gasteiger charge is 2.48. The summed E-state index contributed by atoms with van der Waals surface area (Å²) >= 11 is 3.37. The second-order valence-electron chi connectivity index (χ2n) is 4.82. The molecule has 98 valence electrons. The molecule has 0 bridgehead atoms. The third-order valence-electron chi connectivity index (χ3n) is 3.75. The van der Waals surface area contributed by atoms with Crippen molar-refractivity contribution in [3.05, 3.63) is 40.5 Å². The second kappa shape index (κ2) is 4.49. The van der Waals surface area contributed by atoms with E-state index in [4.69, 9.17) is 4.52 Å². The van der Waals surface area contributed by atoms with Crippen molar-refractivity contribution in [2.45, 2.75) is 24.7 Å². The summed E-state index contributed by atoms with van der Waals surface area (Å²) in [6.45, 7) is 0. The highest BCUT2D eigenvalue weighted by atomic mass is 79.9. The summed E-state index contributed by atoms with van der Waals surface area (Å²) in [4.78, 5) is 11.4. The SMILES string of the molecule is O=C(O)C1(c2cc(-c3ccc(Br)cc3)on2)CCC1. The number of rotatable bonds is 3. The Hall–Kier alpha value is -1.62. The molecular formula is C14H12BrNO3. The number of carboxylic acids is 1. The van der Waals surface area contributed by atoms with E-state index in [2.05, 4.69) is 21.1 Å². The van der Waals surface area contributed by atoms with Crippen molar-refractivity contribution >= 4 is 21.9 Å². The normalized spacial score (nSPS) is 16.9. The zero-order valence-corrected chi connectivity index (χ0v) is 11.7. The molecule has 1 heterocycles. The van der Waals surface area contributed by atoms with Crippen LogP contribution in [0.3, 0.4) is 0 Å². The lowest BCUT2D eigenvalue weighted by Gasteiger charge is -2.35. The molecule has 0 saturated heterocycles. The van der Waals surface area contributed by atoms with Crippen molar-refractivity contribution in [2.75, 3.05) is 0 Å². The quantitative estimate of drug-likeness (QED) is 0.937. The highest BCUT2D eigenvalue weighted by molar-refractivity contribution is 9.10. The number of benzene rings is 1. The molecule has 0 atom stereocenters. The fraction of sp³-hybridized carbons (Fsp3) is 0.286. The minimum absolute atomic E-state index is 0.532. The second-order valence-corrected chi connectivity index (χ2v) is 5.74. The van der Waals surface area contributed by atoms with Crippen molar-refractivity contribution in [2.24, 2.45) is 0 Å². The zero-order chi connectivity index (χ0) is 13.5. The van der Waals surface area contributed by atoms with Gasteiger partial charge in [0.15, 0.2) is 5.76 Å². The number of nitrogens with zero attached hydrogens (tertiary/aromatic N) is 1. The standard InChI is InChI=1S/C14H12BrNO3/c15-10-4-2-9(3-5-10)11-8-12(16-19-11)14(13(17)18)6-1-7-14/h2-5,8H,1,6-7H2,(H,17,18). The third kappa shape index (κ3) is 1.98. The Labute approximate surface area is 118 Å². The maximum absolute atomic E-state index is 11.4. The number of aliphatic carboxylic acids is 1. The molecule has 1 aromatic carbocycles. The Bertz CT molecular complexity index is 614. The summed E-state index contributed by atoms with van der Waals surface area (Å²) < 4.78 is 6.28. The Kier molecular flexibility index (Phi) is 2.93. The molecule has 4 nitrogen and oxygen atoms in total. The predicted octanol–water partition coefficient (Wildman–Crippen LogP) is 3.61. The lowest BCUT2D eigenvalue weighted by atomic mass is 9.66. The number of carbonyl (C=O) groups is 1. The fourth-order valence-electron chi connectivity index (χ4n) is 2.36. The van der Waals surface area contributed by atoms with Crippen LogP contribution in [0.2, 0.25) is 0 Å². The molecule has 1 aliphatic rings. The van der Waals surface area contributed by atoms with Crippen LogP contribution in [0, 0.1) is 0 Å². The summed E-state index contributed by atoms with van der Waals surface area (Å²) in [5.41, 5.74) is 0.586. The van der Waals surface area contributed by atoms with Crippen molar-refractivity contribution in [3.8, 4) is 11.3 Å². The van der Waals surface area contributed by atoms with Crippen molar-refractivity contribution in [3.63, 3.8) is 0 Å². The number of halogens is 1. The van der Waals surface area contributed by atoms with E-state index in [1.54, 1.807) is 6.07 Å². The van der Waals surface area contributed by atoms with Crippen LogP contribution in [0.25, 0.3) is 11.3 Å². The van der Waals surface area contributed by atoms with Crippen LogP contribution in [0.5, 0.6) is 0 Å². The Morgan fingerprint density at radius 3 is 2.53 bits per heavy atom. The number of hydrogen-bond acceptors (Lipinski definition) is 3. The Morgan fingerprint density at radius 1 is 1.32 bits per heavy atom. The molecule has 0 unspecified atom stereocenters. The van der Waals surface area contributed by atoms with Gasteiger partial charge in [-0.05, 0) is 25.0 Å². The van der Waals surface area contributed by atoms with Gasteiger partial charge in [-0.3, -0.25) is 4.79 Å². The van der Waals surface area contributed by atoms with Crippen LogP contribution in [0.15, 0.2) is 39.3 Å². The van der Waals surface area contributed by atoms with Crippen LogP contribution in [-0.4, -0.2) is 16.2 Å². The van der Waals surface area contributed by atoms with Crippen molar-refractivity contribution in [1.29, 1.82) is 0 Å². The van der Waals surface area contributed by atoms with Gasteiger partial charge in [0, 0.05) is 16.1 Å². The summed E-state index contributed by atoms with van der Waals surface area (Å²) in [5, 5.41) is 13.3. The Balaban J connectivity index is 1.95. The van der Waals surface area contributed by atoms with Crippen LogP contribution >= 0.6 is 15.9 Å². The van der Waals surface area contributed by atoms with Crippen LogP contribution in [-0.2, 0) is 10.2 Å². The average molecular weight is 322 g/mol. The minimum Gasteiger partial charge on any atom is -0.481 e. The van der Waals surface area contributed by atoms with Gasteiger partial charge in [0.25, 0.3) is 0 Å². The first-order valence-corrected chi connectivity index (χ1v) is 6.88. The Morgan fingerprint density at radius 2 is 2.00 bits per heavy atom. The predicted molar refractivity (Wildman–Crippen MR) is 72.8 cm³/mol. The molecule has 1 N–H and O–H groups in total. The summed E-state index contributed by atoms with van der Waals surface area (Å²) in [6.07, 6.45) is 2.19. The van der Waals surface area contributed by atoms with E-state index in [9.17, 15) is 9.90 Å². The summed E-state index contributed by atoms with van der Waals surface area (Å²) in [6, 6.07) is 9.38. The van der Waals surface area contributed by atoms with Crippen molar-refractivity contribution < 1.29 is 14.4 Å². The topological polar surface area (TPSA) is 63.3 Å². The van der Waals surface area contributed by atoms with Gasteiger partial charge in [0.1, 0.15) is 11.1 Å². The van der Waals surface area contributed by atoms with Gasteiger partial charge in [0.2, 0.25) is 0 Å². The molecule has 1 aromatic heterocycles.